The molecule has 2 atom stereocenters. The summed E-state index contributed by atoms with van der Waals surface area (Å²) in [6.45, 7) is 0. The molecule has 0 N–H and O–H groups in total. The predicted molar refractivity (Wildman–Crippen MR) is 280 cm³/mol. The highest BCUT2D eigenvalue weighted by molar-refractivity contribution is 6.18. The van der Waals surface area contributed by atoms with Crippen molar-refractivity contribution in [2.75, 3.05) is 4.90 Å². The lowest BCUT2D eigenvalue weighted by Crippen LogP contribution is -2.28. The number of nitrogens with zero attached hydrogens (tertiary/aromatic N) is 5. The van der Waals surface area contributed by atoms with Crippen molar-refractivity contribution >= 4 is 33.2 Å². The maximum atomic E-state index is 5.32. The Bertz CT molecular complexity index is 3670. The predicted octanol–water partition coefficient (Wildman–Crippen LogP) is 15.7. The largest absolute Gasteiger partial charge is 0.333 e. The number of para-hydroxylation sites is 2. The average Bonchev–Trinajstić information content (AvgIpc) is 3.95. The van der Waals surface area contributed by atoms with Crippen LogP contribution in [-0.2, 0) is 0 Å². The number of hydrogen-bond acceptors (Lipinski definition) is 4. The Kier molecular flexibility index (Phi) is 9.57. The van der Waals surface area contributed by atoms with Crippen LogP contribution in [0, 0.1) is 0 Å². The molecule has 5 heteroatoms. The van der Waals surface area contributed by atoms with E-state index in [1.54, 1.807) is 0 Å². The number of anilines is 2. The van der Waals surface area contributed by atoms with Crippen molar-refractivity contribution < 1.29 is 0 Å². The number of rotatable bonds is 8. The Morgan fingerprint density at radius 2 is 0.926 bits per heavy atom. The smallest absolute Gasteiger partial charge is 0.166 e. The van der Waals surface area contributed by atoms with E-state index in [0.29, 0.717) is 17.5 Å². The highest BCUT2D eigenvalue weighted by Gasteiger charge is 2.39. The Balaban J connectivity index is 1.13. The van der Waals surface area contributed by atoms with E-state index in [0.717, 1.165) is 55.7 Å². The van der Waals surface area contributed by atoms with Crippen molar-refractivity contribution in [1.29, 1.82) is 0 Å². The van der Waals surface area contributed by atoms with Crippen molar-refractivity contribution in [2.45, 2.75) is 12.0 Å². The zero-order valence-corrected chi connectivity index (χ0v) is 37.1. The Hall–Kier alpha value is -8.93. The lowest BCUT2D eigenvalue weighted by Gasteiger charge is -2.28. The average molecular weight is 870 g/mol. The van der Waals surface area contributed by atoms with Crippen molar-refractivity contribution in [3.05, 3.63) is 254 Å². The maximum Gasteiger partial charge on any atom is 0.166 e. The van der Waals surface area contributed by atoms with Crippen LogP contribution in [0.4, 0.5) is 11.4 Å². The molecule has 0 fully saturated rings. The zero-order chi connectivity index (χ0) is 45.0. The molecule has 0 bridgehead atoms. The quantitative estimate of drug-likeness (QED) is 0.153. The molecule has 1 aliphatic carbocycles. The molecule has 0 amide bonds. The van der Waals surface area contributed by atoms with E-state index in [2.05, 4.69) is 222 Å². The number of hydrogen-bond donors (Lipinski definition) is 0. The van der Waals surface area contributed by atoms with Crippen LogP contribution >= 0.6 is 0 Å². The molecular formula is C63H43N5. The summed E-state index contributed by atoms with van der Waals surface area (Å²) in [7, 11) is 0. The molecule has 0 spiro atoms. The first kappa shape index (κ1) is 39.4. The molecule has 2 aromatic heterocycles. The van der Waals surface area contributed by atoms with Gasteiger partial charge in [0, 0.05) is 44.8 Å². The second kappa shape index (κ2) is 16.5. The highest BCUT2D eigenvalue weighted by atomic mass is 15.2. The van der Waals surface area contributed by atoms with Crippen LogP contribution in [0.2, 0.25) is 0 Å². The van der Waals surface area contributed by atoms with E-state index in [1.165, 1.54) is 38.8 Å². The van der Waals surface area contributed by atoms with E-state index in [1.807, 2.05) is 36.4 Å². The van der Waals surface area contributed by atoms with Crippen molar-refractivity contribution in [2.24, 2.45) is 0 Å². The Labute approximate surface area is 395 Å². The van der Waals surface area contributed by atoms with Gasteiger partial charge in [-0.1, -0.05) is 200 Å². The minimum Gasteiger partial charge on any atom is -0.333 e. The molecule has 0 saturated heterocycles. The summed E-state index contributed by atoms with van der Waals surface area (Å²) in [6.07, 6.45) is 9.16. The van der Waals surface area contributed by atoms with Gasteiger partial charge in [0.15, 0.2) is 17.5 Å². The molecule has 5 nitrogen and oxygen atoms in total. The zero-order valence-electron chi connectivity index (χ0n) is 37.1. The molecular weight excluding hydrogens is 827 g/mol. The third-order valence-corrected chi connectivity index (χ3v) is 13.6. The van der Waals surface area contributed by atoms with Crippen LogP contribution in [0.1, 0.15) is 11.5 Å². The molecule has 9 aromatic carbocycles. The van der Waals surface area contributed by atoms with Gasteiger partial charge in [0.25, 0.3) is 0 Å². The first-order chi connectivity index (χ1) is 33.7. The van der Waals surface area contributed by atoms with Crippen LogP contribution in [0.15, 0.2) is 249 Å². The fourth-order valence-corrected chi connectivity index (χ4v) is 10.5. The number of aromatic nitrogens is 4. The van der Waals surface area contributed by atoms with Gasteiger partial charge in [0.1, 0.15) is 0 Å². The molecule has 0 radical (unpaired) electrons. The summed E-state index contributed by atoms with van der Waals surface area (Å²) in [6, 6.07) is 80.1. The van der Waals surface area contributed by atoms with Gasteiger partial charge < -0.3 is 9.47 Å². The summed E-state index contributed by atoms with van der Waals surface area (Å²) in [5.41, 5.74) is 16.6. The van der Waals surface area contributed by atoms with Gasteiger partial charge >= 0.3 is 0 Å². The summed E-state index contributed by atoms with van der Waals surface area (Å²) in [5.74, 6) is 2.00. The van der Waals surface area contributed by atoms with E-state index in [9.17, 15) is 0 Å². The third kappa shape index (κ3) is 6.67. The monoisotopic (exact) mass is 869 g/mol. The topological polar surface area (TPSA) is 46.8 Å². The number of allylic oxidation sites excluding steroid dienone is 2. The van der Waals surface area contributed by atoms with Crippen LogP contribution in [0.3, 0.4) is 0 Å². The molecule has 320 valence electrons. The SMILES string of the molecule is C1=CC2c3c(-c4cc(-c5ccccc5)cc5c4c4ccccc4n5-c4cc(-c5ccccc5)ccc4-c4nc(-c5ccccc5)nc(-c5ccccc5)n4)cccc3N(c3ccccc3)C2C=C1. The summed E-state index contributed by atoms with van der Waals surface area (Å²) < 4.78 is 2.46. The van der Waals surface area contributed by atoms with Gasteiger partial charge in [0.05, 0.1) is 22.8 Å². The van der Waals surface area contributed by atoms with Crippen molar-refractivity contribution in [3.8, 4) is 73.2 Å². The molecule has 13 rings (SSSR count). The van der Waals surface area contributed by atoms with Crippen LogP contribution in [-0.4, -0.2) is 25.6 Å². The summed E-state index contributed by atoms with van der Waals surface area (Å²) >= 11 is 0. The molecule has 2 unspecified atom stereocenters. The van der Waals surface area contributed by atoms with Gasteiger partial charge in [-0.2, -0.15) is 0 Å². The molecule has 68 heavy (non-hydrogen) atoms. The standard InChI is InChI=1S/C63H43N5/c1-6-21-42(22-7-1)46-37-38-52(63-65-61(44-25-10-3-11-26-44)64-62(66-63)45-27-12-4-13-28-45)57(40-46)68-55-35-19-17-32-51(55)60-53(39-47(41-58(60)68)43-23-8-2-9-24-43)49-33-20-36-56-59(49)50-31-16-18-34-54(50)67(56)48-29-14-5-15-30-48/h1-41,50,54H. The molecule has 11 aromatic rings. The third-order valence-electron chi connectivity index (χ3n) is 13.6. The first-order valence-electron chi connectivity index (χ1n) is 23.3. The second-order valence-electron chi connectivity index (χ2n) is 17.5. The van der Waals surface area contributed by atoms with Gasteiger partial charge in [-0.25, -0.2) is 15.0 Å². The minimum absolute atomic E-state index is 0.151. The van der Waals surface area contributed by atoms with Gasteiger partial charge in [-0.15, -0.1) is 0 Å². The fraction of sp³-hybridized carbons (Fsp3) is 0.0317. The van der Waals surface area contributed by atoms with Crippen LogP contribution < -0.4 is 4.90 Å². The number of fused-ring (bicyclic) bond motifs is 6. The normalized spacial score (nSPS) is 14.9. The number of benzene rings is 9. The van der Waals surface area contributed by atoms with Crippen molar-refractivity contribution in [3.63, 3.8) is 0 Å². The molecule has 3 heterocycles. The highest BCUT2D eigenvalue weighted by Crippen LogP contribution is 2.53. The fourth-order valence-electron chi connectivity index (χ4n) is 10.5. The molecule has 0 saturated carbocycles. The maximum absolute atomic E-state index is 5.32. The van der Waals surface area contributed by atoms with Gasteiger partial charge in [-0.05, 0) is 87.5 Å². The van der Waals surface area contributed by atoms with Crippen LogP contribution in [0.5, 0.6) is 0 Å². The lowest BCUT2D eigenvalue weighted by atomic mass is 9.84. The minimum atomic E-state index is 0.151. The first-order valence-corrected chi connectivity index (χ1v) is 23.3. The summed E-state index contributed by atoms with van der Waals surface area (Å²) in [5, 5.41) is 2.37. The van der Waals surface area contributed by atoms with E-state index >= 15 is 0 Å². The van der Waals surface area contributed by atoms with Gasteiger partial charge in [0.2, 0.25) is 0 Å². The molecule has 2 aliphatic rings. The lowest BCUT2D eigenvalue weighted by molar-refractivity contribution is 0.745. The second-order valence-corrected chi connectivity index (χ2v) is 17.5. The Morgan fingerprint density at radius 3 is 1.60 bits per heavy atom. The van der Waals surface area contributed by atoms with Gasteiger partial charge in [-0.3, -0.25) is 0 Å². The molecule has 1 aliphatic heterocycles. The van der Waals surface area contributed by atoms with E-state index in [-0.39, 0.29) is 12.0 Å². The van der Waals surface area contributed by atoms with E-state index in [4.69, 9.17) is 15.0 Å². The van der Waals surface area contributed by atoms with Crippen LogP contribution in [0.25, 0.3) is 95.0 Å². The van der Waals surface area contributed by atoms with E-state index < -0.39 is 0 Å². The Morgan fingerprint density at radius 1 is 0.353 bits per heavy atom. The summed E-state index contributed by atoms with van der Waals surface area (Å²) in [4.78, 5) is 18.3. The van der Waals surface area contributed by atoms with Crippen molar-refractivity contribution in [1.82, 2.24) is 19.5 Å².